The number of nitro groups is 1. The standard InChI is InChI=1S/C25H24N2O6/c1-31-22-14-17-11-12-26(24(28)16-33-20-9-4-3-5-10-20)25(21(17)15-23(22)32-2)18-7-6-8-19(13-18)27(29)30/h3-10,13-15,25H,11-12,16H2,1-2H3/t25-/m1/s1. The highest BCUT2D eigenvalue weighted by atomic mass is 16.6. The Labute approximate surface area is 191 Å². The zero-order valence-electron chi connectivity index (χ0n) is 18.4. The van der Waals surface area contributed by atoms with Gasteiger partial charge in [-0.1, -0.05) is 30.3 Å². The lowest BCUT2D eigenvalue weighted by atomic mass is 9.87. The number of methoxy groups -OCH3 is 2. The average molecular weight is 448 g/mol. The summed E-state index contributed by atoms with van der Waals surface area (Å²) in [5, 5.41) is 11.4. The predicted molar refractivity (Wildman–Crippen MR) is 122 cm³/mol. The monoisotopic (exact) mass is 448 g/mol. The number of carbonyl (C=O) groups excluding carboxylic acids is 1. The first-order valence-corrected chi connectivity index (χ1v) is 10.5. The number of hydrogen-bond acceptors (Lipinski definition) is 6. The maximum Gasteiger partial charge on any atom is 0.269 e. The summed E-state index contributed by atoms with van der Waals surface area (Å²) in [5.41, 5.74) is 2.45. The molecule has 3 aromatic rings. The number of rotatable bonds is 7. The summed E-state index contributed by atoms with van der Waals surface area (Å²) < 4.78 is 16.6. The number of amides is 1. The predicted octanol–water partition coefficient (Wildman–Crippen LogP) is 4.17. The lowest BCUT2D eigenvalue weighted by molar-refractivity contribution is -0.384. The summed E-state index contributed by atoms with van der Waals surface area (Å²) in [6.07, 6.45) is 0.609. The van der Waals surface area contributed by atoms with E-state index >= 15 is 0 Å². The second-order valence-electron chi connectivity index (χ2n) is 7.60. The molecule has 33 heavy (non-hydrogen) atoms. The summed E-state index contributed by atoms with van der Waals surface area (Å²) in [4.78, 5) is 25.9. The third-order valence-corrected chi connectivity index (χ3v) is 5.70. The average Bonchev–Trinajstić information content (AvgIpc) is 2.86. The molecule has 1 atom stereocenters. The van der Waals surface area contributed by atoms with Gasteiger partial charge < -0.3 is 19.1 Å². The van der Waals surface area contributed by atoms with Crippen LogP contribution in [0.1, 0.15) is 22.7 Å². The molecule has 0 spiro atoms. The van der Waals surface area contributed by atoms with Crippen molar-refractivity contribution in [1.82, 2.24) is 4.90 Å². The van der Waals surface area contributed by atoms with E-state index in [-0.39, 0.29) is 18.2 Å². The molecular weight excluding hydrogens is 424 g/mol. The van der Waals surface area contributed by atoms with Crippen LogP contribution in [0, 0.1) is 10.1 Å². The highest BCUT2D eigenvalue weighted by Crippen LogP contribution is 2.41. The highest BCUT2D eigenvalue weighted by Gasteiger charge is 2.34. The topological polar surface area (TPSA) is 91.1 Å². The zero-order chi connectivity index (χ0) is 23.4. The van der Waals surface area contributed by atoms with Crippen molar-refractivity contribution in [3.63, 3.8) is 0 Å². The first kappa shape index (κ1) is 22.1. The number of para-hydroxylation sites is 1. The number of nitrogens with zero attached hydrogens (tertiary/aromatic N) is 2. The second kappa shape index (κ2) is 9.60. The van der Waals surface area contributed by atoms with Gasteiger partial charge >= 0.3 is 0 Å². The second-order valence-corrected chi connectivity index (χ2v) is 7.60. The Balaban J connectivity index is 1.74. The van der Waals surface area contributed by atoms with Crippen molar-refractivity contribution in [3.05, 3.63) is 93.5 Å². The minimum absolute atomic E-state index is 0.0342. The van der Waals surface area contributed by atoms with Crippen LogP contribution in [0.3, 0.4) is 0 Å². The van der Waals surface area contributed by atoms with Crippen LogP contribution in [0.25, 0.3) is 0 Å². The molecule has 8 nitrogen and oxygen atoms in total. The first-order valence-electron chi connectivity index (χ1n) is 10.5. The van der Waals surface area contributed by atoms with E-state index in [9.17, 15) is 14.9 Å². The SMILES string of the molecule is COc1cc2c(cc1OC)[C@@H](c1cccc([N+](=O)[O-])c1)N(C(=O)COc1ccccc1)CC2. The van der Waals surface area contributed by atoms with Crippen molar-refractivity contribution in [2.24, 2.45) is 0 Å². The zero-order valence-corrected chi connectivity index (χ0v) is 18.4. The number of fused-ring (bicyclic) bond motifs is 1. The normalized spacial score (nSPS) is 14.8. The molecule has 170 valence electrons. The number of non-ortho nitro benzene ring substituents is 1. The fraction of sp³-hybridized carbons (Fsp3) is 0.240. The van der Waals surface area contributed by atoms with E-state index in [4.69, 9.17) is 14.2 Å². The quantitative estimate of drug-likeness (QED) is 0.398. The Morgan fingerprint density at radius 3 is 2.45 bits per heavy atom. The van der Waals surface area contributed by atoms with Crippen LogP contribution in [-0.2, 0) is 11.2 Å². The molecule has 1 aliphatic heterocycles. The van der Waals surface area contributed by atoms with Crippen molar-refractivity contribution in [2.75, 3.05) is 27.4 Å². The van der Waals surface area contributed by atoms with E-state index in [2.05, 4.69) is 0 Å². The third-order valence-electron chi connectivity index (χ3n) is 5.70. The van der Waals surface area contributed by atoms with Gasteiger partial charge in [-0.2, -0.15) is 0 Å². The lowest BCUT2D eigenvalue weighted by Gasteiger charge is -2.38. The molecule has 0 radical (unpaired) electrons. The summed E-state index contributed by atoms with van der Waals surface area (Å²) in [6, 6.07) is 18.7. The summed E-state index contributed by atoms with van der Waals surface area (Å²) in [6.45, 7) is 0.297. The van der Waals surface area contributed by atoms with Crippen LogP contribution in [0.5, 0.6) is 17.2 Å². The van der Waals surface area contributed by atoms with Crippen molar-refractivity contribution in [3.8, 4) is 17.2 Å². The number of carbonyl (C=O) groups is 1. The molecule has 0 saturated carbocycles. The van der Waals surface area contributed by atoms with Crippen LogP contribution >= 0.6 is 0 Å². The molecule has 0 aliphatic carbocycles. The fourth-order valence-electron chi connectivity index (χ4n) is 4.13. The Morgan fingerprint density at radius 2 is 1.76 bits per heavy atom. The van der Waals surface area contributed by atoms with Gasteiger partial charge in [-0.05, 0) is 47.4 Å². The van der Waals surface area contributed by atoms with E-state index in [0.29, 0.717) is 35.8 Å². The molecule has 1 aliphatic rings. The fourth-order valence-corrected chi connectivity index (χ4v) is 4.13. The van der Waals surface area contributed by atoms with Gasteiger partial charge in [0.1, 0.15) is 5.75 Å². The molecule has 0 bridgehead atoms. The Bertz CT molecular complexity index is 1160. The van der Waals surface area contributed by atoms with E-state index in [1.165, 1.54) is 12.1 Å². The van der Waals surface area contributed by atoms with Crippen molar-refractivity contribution < 1.29 is 23.9 Å². The van der Waals surface area contributed by atoms with Gasteiger partial charge in [0.05, 0.1) is 25.2 Å². The highest BCUT2D eigenvalue weighted by molar-refractivity contribution is 5.79. The van der Waals surface area contributed by atoms with Gasteiger partial charge in [-0.15, -0.1) is 0 Å². The molecule has 0 unspecified atom stereocenters. The molecule has 0 saturated heterocycles. The molecule has 1 amide bonds. The minimum atomic E-state index is -0.527. The van der Waals surface area contributed by atoms with Crippen LogP contribution in [0.4, 0.5) is 5.69 Å². The number of ether oxygens (including phenoxy) is 3. The van der Waals surface area contributed by atoms with Crippen LogP contribution < -0.4 is 14.2 Å². The van der Waals surface area contributed by atoms with Gasteiger partial charge in [0.25, 0.3) is 11.6 Å². The largest absolute Gasteiger partial charge is 0.493 e. The van der Waals surface area contributed by atoms with Crippen LogP contribution in [-0.4, -0.2) is 43.1 Å². The maximum atomic E-state index is 13.3. The van der Waals surface area contributed by atoms with Gasteiger partial charge in [-0.3, -0.25) is 14.9 Å². The van der Waals surface area contributed by atoms with E-state index in [1.54, 1.807) is 43.4 Å². The smallest absolute Gasteiger partial charge is 0.269 e. The molecule has 3 aromatic carbocycles. The molecule has 0 aromatic heterocycles. The molecule has 8 heteroatoms. The molecule has 0 fully saturated rings. The molecule has 4 rings (SSSR count). The van der Waals surface area contributed by atoms with Gasteiger partial charge in [0.2, 0.25) is 0 Å². The molecule has 0 N–H and O–H groups in total. The van der Waals surface area contributed by atoms with Gasteiger partial charge in [0, 0.05) is 18.7 Å². The molecular formula is C25H24N2O6. The first-order chi connectivity index (χ1) is 16.0. The number of benzene rings is 3. The lowest BCUT2D eigenvalue weighted by Crippen LogP contribution is -2.43. The van der Waals surface area contributed by atoms with Crippen molar-refractivity contribution in [1.29, 1.82) is 0 Å². The van der Waals surface area contributed by atoms with Gasteiger partial charge in [0.15, 0.2) is 18.1 Å². The minimum Gasteiger partial charge on any atom is -0.493 e. The number of nitro benzene ring substituents is 1. The number of hydrogen-bond donors (Lipinski definition) is 0. The van der Waals surface area contributed by atoms with E-state index in [0.717, 1.165) is 11.1 Å². The van der Waals surface area contributed by atoms with Gasteiger partial charge in [-0.25, -0.2) is 0 Å². The van der Waals surface area contributed by atoms with Crippen LogP contribution in [0.15, 0.2) is 66.7 Å². The maximum absolute atomic E-state index is 13.3. The van der Waals surface area contributed by atoms with E-state index < -0.39 is 11.0 Å². The Morgan fingerprint density at radius 1 is 1.03 bits per heavy atom. The summed E-state index contributed by atoms with van der Waals surface area (Å²) in [5.74, 6) is 1.51. The van der Waals surface area contributed by atoms with Crippen molar-refractivity contribution in [2.45, 2.75) is 12.5 Å². The van der Waals surface area contributed by atoms with E-state index in [1.807, 2.05) is 30.3 Å². The van der Waals surface area contributed by atoms with Crippen molar-refractivity contribution >= 4 is 11.6 Å². The Hall–Kier alpha value is -4.07. The molecule has 1 heterocycles. The summed E-state index contributed by atoms with van der Waals surface area (Å²) in [7, 11) is 3.12. The van der Waals surface area contributed by atoms with Crippen LogP contribution in [0.2, 0.25) is 0 Å². The third kappa shape index (κ3) is 4.59. The Kier molecular flexibility index (Phi) is 6.44. The summed E-state index contributed by atoms with van der Waals surface area (Å²) >= 11 is 0.